The molecule has 4 rings (SSSR count). The molecule has 0 bridgehead atoms. The monoisotopic (exact) mass is 364 g/mol. The van der Waals surface area contributed by atoms with Crippen molar-refractivity contribution in [3.05, 3.63) is 54.3 Å². The van der Waals surface area contributed by atoms with Gasteiger partial charge in [0, 0.05) is 43.5 Å². The number of nitrogens with zero attached hydrogens (tertiary/aromatic N) is 5. The lowest BCUT2D eigenvalue weighted by Gasteiger charge is -2.38. The summed E-state index contributed by atoms with van der Waals surface area (Å²) in [6, 6.07) is 7.79. The van der Waals surface area contributed by atoms with Crippen molar-refractivity contribution < 1.29 is 9.32 Å². The van der Waals surface area contributed by atoms with Gasteiger partial charge in [-0.05, 0) is 18.1 Å². The first-order valence-corrected chi connectivity index (χ1v) is 8.95. The number of aromatic nitrogens is 4. The number of rotatable bonds is 5. The van der Waals surface area contributed by atoms with E-state index >= 15 is 0 Å². The van der Waals surface area contributed by atoms with Crippen LogP contribution in [0.25, 0.3) is 11.5 Å². The second kappa shape index (κ2) is 7.53. The van der Waals surface area contributed by atoms with Crippen LogP contribution in [0.1, 0.15) is 18.4 Å². The molecular formula is C19H20N6O2. The summed E-state index contributed by atoms with van der Waals surface area (Å²) in [7, 11) is 0. The van der Waals surface area contributed by atoms with Gasteiger partial charge in [0.25, 0.3) is 0 Å². The Bertz CT molecular complexity index is 921. The second-order valence-corrected chi connectivity index (χ2v) is 6.52. The number of aryl methyl sites for hydroxylation is 1. The summed E-state index contributed by atoms with van der Waals surface area (Å²) in [4.78, 5) is 26.7. The van der Waals surface area contributed by atoms with Crippen molar-refractivity contribution in [1.82, 2.24) is 25.0 Å². The Morgan fingerprint density at radius 2 is 2.15 bits per heavy atom. The van der Waals surface area contributed by atoms with E-state index in [9.17, 15) is 4.79 Å². The lowest BCUT2D eigenvalue weighted by molar-refractivity contribution is 0.125. The minimum Gasteiger partial charge on any atom is -0.339 e. The van der Waals surface area contributed by atoms with Gasteiger partial charge in [0.15, 0.2) is 0 Å². The number of para-hydroxylation sites is 1. The van der Waals surface area contributed by atoms with Gasteiger partial charge in [-0.2, -0.15) is 4.98 Å². The summed E-state index contributed by atoms with van der Waals surface area (Å²) in [5, 5.41) is 6.94. The Morgan fingerprint density at radius 1 is 1.30 bits per heavy atom. The van der Waals surface area contributed by atoms with Crippen LogP contribution in [0.3, 0.4) is 0 Å². The van der Waals surface area contributed by atoms with Crippen molar-refractivity contribution in [1.29, 1.82) is 0 Å². The van der Waals surface area contributed by atoms with Crippen molar-refractivity contribution in [2.45, 2.75) is 19.8 Å². The number of likely N-dealkylation sites (tertiary alicyclic amines) is 1. The molecule has 1 aromatic carbocycles. The highest BCUT2D eigenvalue weighted by Crippen LogP contribution is 2.23. The van der Waals surface area contributed by atoms with Crippen LogP contribution >= 0.6 is 0 Å². The maximum Gasteiger partial charge on any atom is 0.321 e. The van der Waals surface area contributed by atoms with Gasteiger partial charge in [0.05, 0.1) is 6.20 Å². The third kappa shape index (κ3) is 3.79. The Kier molecular flexibility index (Phi) is 4.78. The van der Waals surface area contributed by atoms with Crippen LogP contribution in [0.15, 0.2) is 47.4 Å². The molecule has 1 aliphatic heterocycles. The lowest BCUT2D eigenvalue weighted by atomic mass is 9.97. The topological polar surface area (TPSA) is 97.0 Å². The highest BCUT2D eigenvalue weighted by molar-refractivity contribution is 5.90. The molecule has 1 aliphatic rings. The van der Waals surface area contributed by atoms with E-state index in [4.69, 9.17) is 4.52 Å². The first-order valence-electron chi connectivity index (χ1n) is 8.95. The molecule has 138 valence electrons. The highest BCUT2D eigenvalue weighted by atomic mass is 16.5. The minimum atomic E-state index is -0.0714. The fraction of sp³-hybridized carbons (Fsp3) is 0.316. The van der Waals surface area contributed by atoms with Crippen molar-refractivity contribution in [2.75, 3.05) is 18.4 Å². The van der Waals surface area contributed by atoms with E-state index in [0.717, 1.165) is 17.7 Å². The van der Waals surface area contributed by atoms with Crippen LogP contribution in [0.2, 0.25) is 0 Å². The van der Waals surface area contributed by atoms with Gasteiger partial charge >= 0.3 is 6.03 Å². The quantitative estimate of drug-likeness (QED) is 0.748. The second-order valence-electron chi connectivity index (χ2n) is 6.52. The number of hydrogen-bond donors (Lipinski definition) is 1. The molecule has 1 saturated heterocycles. The summed E-state index contributed by atoms with van der Waals surface area (Å²) in [6.07, 6.45) is 6.30. The molecule has 27 heavy (non-hydrogen) atoms. The fourth-order valence-electron chi connectivity index (χ4n) is 3.11. The van der Waals surface area contributed by atoms with Crippen molar-refractivity contribution in [3.8, 4) is 11.5 Å². The molecule has 3 heterocycles. The molecule has 0 radical (unpaired) electrons. The van der Waals surface area contributed by atoms with Gasteiger partial charge in [0.2, 0.25) is 11.7 Å². The molecule has 0 spiro atoms. The third-order valence-electron chi connectivity index (χ3n) is 4.61. The number of nitrogens with one attached hydrogen (secondary N) is 1. The molecule has 3 aromatic rings. The maximum atomic E-state index is 12.4. The number of urea groups is 1. The van der Waals surface area contributed by atoms with Gasteiger partial charge < -0.3 is 14.7 Å². The molecule has 0 atom stereocenters. The van der Waals surface area contributed by atoms with E-state index in [0.29, 0.717) is 42.8 Å². The van der Waals surface area contributed by atoms with Gasteiger partial charge in [-0.1, -0.05) is 30.3 Å². The average Bonchev–Trinajstić information content (AvgIpc) is 3.14. The van der Waals surface area contributed by atoms with E-state index in [-0.39, 0.29) is 6.03 Å². The Morgan fingerprint density at radius 3 is 2.93 bits per heavy atom. The zero-order chi connectivity index (χ0) is 18.6. The van der Waals surface area contributed by atoms with Gasteiger partial charge in [-0.3, -0.25) is 4.98 Å². The van der Waals surface area contributed by atoms with Crippen LogP contribution in [-0.4, -0.2) is 44.1 Å². The van der Waals surface area contributed by atoms with Crippen molar-refractivity contribution in [3.63, 3.8) is 0 Å². The third-order valence-corrected chi connectivity index (χ3v) is 4.61. The van der Waals surface area contributed by atoms with E-state index in [1.807, 2.05) is 24.3 Å². The largest absolute Gasteiger partial charge is 0.339 e. The molecule has 0 unspecified atom stereocenters. The first kappa shape index (κ1) is 17.1. The van der Waals surface area contributed by atoms with Crippen LogP contribution in [-0.2, 0) is 12.8 Å². The number of anilines is 1. The highest BCUT2D eigenvalue weighted by Gasteiger charge is 2.32. The molecule has 1 fully saturated rings. The Labute approximate surface area is 156 Å². The molecule has 0 saturated carbocycles. The van der Waals surface area contributed by atoms with E-state index in [1.165, 1.54) is 0 Å². The molecule has 8 nitrogen and oxygen atoms in total. The van der Waals surface area contributed by atoms with Crippen molar-refractivity contribution >= 4 is 11.7 Å². The number of benzene rings is 1. The van der Waals surface area contributed by atoms with Crippen LogP contribution in [0, 0.1) is 5.92 Å². The SMILES string of the molecule is CCc1ccccc1NC(=O)N1CC(Cc2nc(-c3cnccn3)no2)C1. The fourth-order valence-corrected chi connectivity index (χ4v) is 3.11. The number of carbonyl (C=O) groups is 1. The molecule has 0 aliphatic carbocycles. The summed E-state index contributed by atoms with van der Waals surface area (Å²) in [5.74, 6) is 1.30. The van der Waals surface area contributed by atoms with Gasteiger partial charge in [0.1, 0.15) is 5.69 Å². The molecule has 1 N–H and O–H groups in total. The Hall–Kier alpha value is -3.29. The molecule has 2 amide bonds. The molecule has 2 aromatic heterocycles. The first-order chi connectivity index (χ1) is 13.2. The van der Waals surface area contributed by atoms with Gasteiger partial charge in [-0.15, -0.1) is 0 Å². The normalized spacial score (nSPS) is 14.0. The standard InChI is InChI=1S/C19H20N6O2/c1-2-14-5-3-4-6-15(14)22-19(26)25-11-13(12-25)9-17-23-18(24-27-17)16-10-20-7-8-21-16/h3-8,10,13H,2,9,11-12H2,1H3,(H,22,26). The summed E-state index contributed by atoms with van der Waals surface area (Å²) in [5.41, 5.74) is 2.58. The summed E-state index contributed by atoms with van der Waals surface area (Å²) < 4.78 is 5.30. The lowest BCUT2D eigenvalue weighted by Crippen LogP contribution is -2.52. The summed E-state index contributed by atoms with van der Waals surface area (Å²) in [6.45, 7) is 3.41. The predicted molar refractivity (Wildman–Crippen MR) is 98.9 cm³/mol. The number of hydrogen-bond acceptors (Lipinski definition) is 6. The number of carbonyl (C=O) groups excluding carboxylic acids is 1. The van der Waals surface area contributed by atoms with E-state index < -0.39 is 0 Å². The van der Waals surface area contributed by atoms with Crippen LogP contribution < -0.4 is 5.32 Å². The zero-order valence-electron chi connectivity index (χ0n) is 15.0. The van der Waals surface area contributed by atoms with Crippen LogP contribution in [0.4, 0.5) is 10.5 Å². The summed E-state index contributed by atoms with van der Waals surface area (Å²) >= 11 is 0. The zero-order valence-corrected chi connectivity index (χ0v) is 15.0. The maximum absolute atomic E-state index is 12.4. The predicted octanol–water partition coefficient (Wildman–Crippen LogP) is 2.80. The van der Waals surface area contributed by atoms with Crippen LogP contribution in [0.5, 0.6) is 0 Å². The van der Waals surface area contributed by atoms with Crippen molar-refractivity contribution in [2.24, 2.45) is 5.92 Å². The minimum absolute atomic E-state index is 0.0714. The van der Waals surface area contributed by atoms with Gasteiger partial charge in [-0.25, -0.2) is 9.78 Å². The van der Waals surface area contributed by atoms with E-state index in [2.05, 4.69) is 32.3 Å². The number of amides is 2. The molecule has 8 heteroatoms. The van der Waals surface area contributed by atoms with E-state index in [1.54, 1.807) is 23.5 Å². The molecular weight excluding hydrogens is 344 g/mol. The average molecular weight is 364 g/mol. The smallest absolute Gasteiger partial charge is 0.321 e. The Balaban J connectivity index is 1.30.